The van der Waals surface area contributed by atoms with Gasteiger partial charge in [-0.05, 0) is 30.9 Å². The third kappa shape index (κ3) is 6.54. The molecule has 94 valence electrons. The predicted molar refractivity (Wildman–Crippen MR) is 77.6 cm³/mol. The van der Waals surface area contributed by atoms with Gasteiger partial charge >= 0.3 is 6.00 Å². The van der Waals surface area contributed by atoms with Crippen molar-refractivity contribution in [3.8, 4) is 0 Å². The van der Waals surface area contributed by atoms with E-state index in [-0.39, 0.29) is 0 Å². The topological polar surface area (TPSA) is 0 Å². The van der Waals surface area contributed by atoms with Crippen molar-refractivity contribution in [3.05, 3.63) is 11.3 Å². The van der Waals surface area contributed by atoms with Crippen LogP contribution in [0.2, 0.25) is 0 Å². The molecule has 0 aromatic heterocycles. The lowest BCUT2D eigenvalue weighted by Gasteiger charge is -2.14. The highest BCUT2D eigenvalue weighted by Gasteiger charge is 2.29. The maximum Gasteiger partial charge on any atom is 0.368 e. The van der Waals surface area contributed by atoms with E-state index >= 15 is 0 Å². The molecule has 0 unspecified atom stereocenters. The van der Waals surface area contributed by atoms with Crippen LogP contribution in [-0.4, -0.2) is 6.00 Å². The molecule has 0 atom stereocenters. The van der Waals surface area contributed by atoms with Gasteiger partial charge in [-0.15, -0.1) is 33.2 Å². The second-order valence-corrected chi connectivity index (χ2v) is 13.1. The number of halogens is 3. The third-order valence-electron chi connectivity index (χ3n) is 3.16. The summed E-state index contributed by atoms with van der Waals surface area (Å²) in [5.74, 6) is 0. The molecule has 1 rings (SSSR count). The lowest BCUT2D eigenvalue weighted by molar-refractivity contribution is 0.565. The zero-order valence-corrected chi connectivity index (χ0v) is 13.1. The zero-order valence-electron chi connectivity index (χ0n) is 9.78. The van der Waals surface area contributed by atoms with E-state index in [1.165, 1.54) is 51.4 Å². The highest BCUT2D eigenvalue weighted by atomic mass is 35.8. The standard InChI is InChI=1S/C12H21Cl3Si/c13-16(14,15)12-10-8-6-4-2-1-3-5-7-9-11-12/h10H,1-9,11H2. The summed E-state index contributed by atoms with van der Waals surface area (Å²) in [5, 5.41) is 1.14. The average Bonchev–Trinajstić information content (AvgIpc) is 2.16. The smallest absolute Gasteiger partial charge is 0.121 e. The fourth-order valence-electron chi connectivity index (χ4n) is 2.16. The number of hydrogen-bond donors (Lipinski definition) is 0. The minimum absolute atomic E-state index is 1.00. The van der Waals surface area contributed by atoms with Gasteiger partial charge in [-0.25, -0.2) is 0 Å². The van der Waals surface area contributed by atoms with E-state index in [0.29, 0.717) is 0 Å². The van der Waals surface area contributed by atoms with Gasteiger partial charge < -0.3 is 0 Å². The van der Waals surface area contributed by atoms with E-state index in [2.05, 4.69) is 6.08 Å². The molecule has 0 fully saturated rings. The van der Waals surface area contributed by atoms with Crippen LogP contribution in [0.1, 0.15) is 64.2 Å². The SMILES string of the molecule is Cl[Si](Cl)(Cl)C1=CCCCCCCCCCC1. The summed E-state index contributed by atoms with van der Waals surface area (Å²) in [7, 11) is 0. The van der Waals surface area contributed by atoms with Gasteiger partial charge in [0.1, 0.15) is 0 Å². The zero-order chi connectivity index (χ0) is 11.9. The van der Waals surface area contributed by atoms with Crippen LogP contribution in [0.25, 0.3) is 0 Å². The summed E-state index contributed by atoms with van der Waals surface area (Å²) < 4.78 is 0. The van der Waals surface area contributed by atoms with Crippen LogP contribution in [0.15, 0.2) is 11.3 Å². The van der Waals surface area contributed by atoms with E-state index in [0.717, 1.165) is 18.0 Å². The molecular formula is C12H21Cl3Si. The molecular weight excluding hydrogens is 279 g/mol. The lowest BCUT2D eigenvalue weighted by Crippen LogP contribution is -2.14. The maximum absolute atomic E-state index is 6.11. The van der Waals surface area contributed by atoms with Crippen molar-refractivity contribution in [2.45, 2.75) is 64.2 Å². The van der Waals surface area contributed by atoms with Gasteiger partial charge in [-0.3, -0.25) is 0 Å². The van der Waals surface area contributed by atoms with E-state index in [1.807, 2.05) is 0 Å². The van der Waals surface area contributed by atoms with Crippen molar-refractivity contribution in [2.24, 2.45) is 0 Å². The van der Waals surface area contributed by atoms with Gasteiger partial charge in [0.25, 0.3) is 0 Å². The Morgan fingerprint density at radius 2 is 1.25 bits per heavy atom. The molecule has 0 aromatic rings. The van der Waals surface area contributed by atoms with Gasteiger partial charge in [-0.2, -0.15) is 0 Å². The van der Waals surface area contributed by atoms with E-state index in [9.17, 15) is 0 Å². The van der Waals surface area contributed by atoms with Crippen molar-refractivity contribution < 1.29 is 0 Å². The number of hydrogen-bond acceptors (Lipinski definition) is 0. The molecule has 1 aliphatic rings. The van der Waals surface area contributed by atoms with Crippen molar-refractivity contribution in [2.75, 3.05) is 0 Å². The first-order valence-electron chi connectivity index (χ1n) is 6.37. The predicted octanol–water partition coefficient (Wildman–Crippen LogP) is 6.02. The molecule has 0 saturated heterocycles. The first-order chi connectivity index (χ1) is 7.61. The van der Waals surface area contributed by atoms with Crippen LogP contribution in [0.5, 0.6) is 0 Å². The second kappa shape index (κ2) is 8.02. The molecule has 0 heterocycles. The Labute approximate surface area is 114 Å². The van der Waals surface area contributed by atoms with Crippen molar-refractivity contribution in [1.82, 2.24) is 0 Å². The number of allylic oxidation sites excluding steroid dienone is 2. The number of rotatable bonds is 1. The molecule has 0 saturated carbocycles. The first kappa shape index (κ1) is 14.9. The highest BCUT2D eigenvalue weighted by molar-refractivity contribution is 7.67. The van der Waals surface area contributed by atoms with Crippen molar-refractivity contribution in [3.63, 3.8) is 0 Å². The Hall–Kier alpha value is 0.827. The Kier molecular flexibility index (Phi) is 7.46. The summed E-state index contributed by atoms with van der Waals surface area (Å²) in [4.78, 5) is 0. The monoisotopic (exact) mass is 298 g/mol. The summed E-state index contributed by atoms with van der Waals surface area (Å²) in [6.07, 6.45) is 14.8. The highest BCUT2D eigenvalue weighted by Crippen LogP contribution is 2.33. The van der Waals surface area contributed by atoms with Crippen LogP contribution in [0, 0.1) is 0 Å². The molecule has 0 nitrogen and oxygen atoms in total. The van der Waals surface area contributed by atoms with Crippen LogP contribution >= 0.6 is 33.2 Å². The van der Waals surface area contributed by atoms with Gasteiger partial charge in [0.2, 0.25) is 0 Å². The Bertz CT molecular complexity index is 221. The van der Waals surface area contributed by atoms with Gasteiger partial charge in [0.15, 0.2) is 0 Å². The summed E-state index contributed by atoms with van der Waals surface area (Å²) in [6.45, 7) is 0. The summed E-state index contributed by atoms with van der Waals surface area (Å²) >= 11 is 18.3. The minimum atomic E-state index is -2.60. The lowest BCUT2D eigenvalue weighted by atomic mass is 10.0. The molecule has 0 N–H and O–H groups in total. The molecule has 4 heteroatoms. The second-order valence-electron chi connectivity index (χ2n) is 4.59. The Morgan fingerprint density at radius 3 is 1.81 bits per heavy atom. The van der Waals surface area contributed by atoms with E-state index < -0.39 is 6.00 Å². The summed E-state index contributed by atoms with van der Waals surface area (Å²) in [6, 6.07) is -2.60. The largest absolute Gasteiger partial charge is 0.368 e. The molecule has 1 aliphatic carbocycles. The van der Waals surface area contributed by atoms with Crippen molar-refractivity contribution in [1.29, 1.82) is 0 Å². The Balaban J connectivity index is 2.50. The van der Waals surface area contributed by atoms with Gasteiger partial charge in [0, 0.05) is 0 Å². The van der Waals surface area contributed by atoms with E-state index in [4.69, 9.17) is 33.2 Å². The fraction of sp³-hybridized carbons (Fsp3) is 0.833. The molecule has 0 bridgehead atoms. The minimum Gasteiger partial charge on any atom is -0.121 e. The molecule has 0 aromatic carbocycles. The first-order valence-corrected chi connectivity index (χ1v) is 11.4. The van der Waals surface area contributed by atoms with Crippen LogP contribution < -0.4 is 0 Å². The molecule has 0 spiro atoms. The van der Waals surface area contributed by atoms with E-state index in [1.54, 1.807) is 0 Å². The molecule has 0 amide bonds. The quantitative estimate of drug-likeness (QED) is 0.410. The van der Waals surface area contributed by atoms with Gasteiger partial charge in [-0.1, -0.05) is 44.6 Å². The average molecular weight is 300 g/mol. The van der Waals surface area contributed by atoms with Crippen molar-refractivity contribution >= 4 is 39.2 Å². The van der Waals surface area contributed by atoms with Gasteiger partial charge in [0.05, 0.1) is 0 Å². The molecule has 0 aliphatic heterocycles. The third-order valence-corrected chi connectivity index (χ3v) is 6.52. The molecule has 16 heavy (non-hydrogen) atoms. The fourth-order valence-corrected chi connectivity index (χ4v) is 4.54. The normalized spacial score (nSPS) is 21.8. The van der Waals surface area contributed by atoms with Crippen LogP contribution in [-0.2, 0) is 0 Å². The summed E-state index contributed by atoms with van der Waals surface area (Å²) in [5.41, 5.74) is 0. The van der Waals surface area contributed by atoms with Crippen LogP contribution in [0.4, 0.5) is 0 Å². The molecule has 0 radical (unpaired) electrons. The van der Waals surface area contributed by atoms with Crippen LogP contribution in [0.3, 0.4) is 0 Å². The maximum atomic E-state index is 6.11. The Morgan fingerprint density at radius 1 is 0.750 bits per heavy atom.